The van der Waals surface area contributed by atoms with Crippen LogP contribution in [-0.4, -0.2) is 38.5 Å². The maximum atomic E-state index is 11.8. The number of ether oxygens (including phenoxy) is 2. The van der Waals surface area contributed by atoms with Crippen molar-refractivity contribution in [1.29, 1.82) is 0 Å². The van der Waals surface area contributed by atoms with Gasteiger partial charge in [0, 0.05) is 12.8 Å². The van der Waals surface area contributed by atoms with Crippen LogP contribution in [0.15, 0.2) is 58.7 Å². The van der Waals surface area contributed by atoms with Gasteiger partial charge in [-0.05, 0) is 72.5 Å². The van der Waals surface area contributed by atoms with Crippen molar-refractivity contribution in [2.45, 2.75) is 44.9 Å². The summed E-state index contributed by atoms with van der Waals surface area (Å²) in [4.78, 5) is 23.7. The van der Waals surface area contributed by atoms with Gasteiger partial charge < -0.3 is 9.47 Å². The summed E-state index contributed by atoms with van der Waals surface area (Å²) < 4.78 is 10.2. The second-order valence-electron chi connectivity index (χ2n) is 7.40. The fraction of sp³-hybridized carbons (Fsp3) is 0.360. The van der Waals surface area contributed by atoms with E-state index in [1.165, 1.54) is 0 Å². The Morgan fingerprint density at radius 1 is 0.667 bits per heavy atom. The predicted octanol–water partition coefficient (Wildman–Crippen LogP) is 4.03. The summed E-state index contributed by atoms with van der Waals surface area (Å²) in [6.07, 6.45) is 8.50. The van der Waals surface area contributed by atoms with Crippen LogP contribution in [0.1, 0.15) is 56.1 Å². The molecule has 0 aliphatic carbocycles. The molecule has 176 valence electrons. The number of unbranched alkanes of at least 4 members (excludes halogenated alkanes) is 4. The molecule has 0 atom stereocenters. The van der Waals surface area contributed by atoms with Gasteiger partial charge in [0.2, 0.25) is 11.8 Å². The summed E-state index contributed by atoms with van der Waals surface area (Å²) in [5, 5.41) is 7.94. The van der Waals surface area contributed by atoms with E-state index in [1.807, 2.05) is 48.5 Å². The highest BCUT2D eigenvalue weighted by molar-refractivity contribution is 5.83. The van der Waals surface area contributed by atoms with Gasteiger partial charge in [-0.3, -0.25) is 9.59 Å². The molecule has 2 aromatic carbocycles. The lowest BCUT2D eigenvalue weighted by Crippen LogP contribution is -2.17. The van der Waals surface area contributed by atoms with Crippen LogP contribution in [0.4, 0.5) is 0 Å². The molecule has 0 aliphatic heterocycles. The average Bonchev–Trinajstić information content (AvgIpc) is 2.84. The molecule has 0 saturated heterocycles. The van der Waals surface area contributed by atoms with E-state index in [-0.39, 0.29) is 11.8 Å². The highest BCUT2D eigenvalue weighted by Gasteiger charge is 2.02. The Labute approximate surface area is 195 Å². The second kappa shape index (κ2) is 15.2. The van der Waals surface area contributed by atoms with Crippen molar-refractivity contribution in [1.82, 2.24) is 10.9 Å². The summed E-state index contributed by atoms with van der Waals surface area (Å²) in [7, 11) is 3.23. The van der Waals surface area contributed by atoms with Gasteiger partial charge in [-0.2, -0.15) is 10.2 Å². The van der Waals surface area contributed by atoms with Gasteiger partial charge in [0.1, 0.15) is 11.5 Å². The Hall–Kier alpha value is -3.68. The zero-order valence-electron chi connectivity index (χ0n) is 19.3. The average molecular weight is 453 g/mol. The number of carbonyl (C=O) groups is 2. The molecule has 2 N–H and O–H groups in total. The van der Waals surface area contributed by atoms with Gasteiger partial charge >= 0.3 is 0 Å². The van der Waals surface area contributed by atoms with Crippen molar-refractivity contribution in [2.24, 2.45) is 10.2 Å². The number of amides is 2. The van der Waals surface area contributed by atoms with Crippen molar-refractivity contribution >= 4 is 24.2 Å². The van der Waals surface area contributed by atoms with Crippen LogP contribution in [0.2, 0.25) is 0 Å². The zero-order valence-corrected chi connectivity index (χ0v) is 19.3. The third-order valence-corrected chi connectivity index (χ3v) is 4.85. The SMILES string of the molecule is COc1ccc(C=NNC(=O)CCCCCCCC(=O)NN=Cc2ccc(OC)cc2)cc1. The molecular weight excluding hydrogens is 420 g/mol. The second-order valence-corrected chi connectivity index (χ2v) is 7.40. The van der Waals surface area contributed by atoms with Crippen molar-refractivity contribution < 1.29 is 19.1 Å². The topological polar surface area (TPSA) is 101 Å². The fourth-order valence-corrected chi connectivity index (χ4v) is 2.95. The third-order valence-electron chi connectivity index (χ3n) is 4.85. The number of benzene rings is 2. The molecule has 0 saturated carbocycles. The van der Waals surface area contributed by atoms with E-state index in [4.69, 9.17) is 9.47 Å². The summed E-state index contributed by atoms with van der Waals surface area (Å²) in [6.45, 7) is 0. The van der Waals surface area contributed by atoms with E-state index in [0.717, 1.165) is 54.7 Å². The molecule has 33 heavy (non-hydrogen) atoms. The fourth-order valence-electron chi connectivity index (χ4n) is 2.95. The minimum absolute atomic E-state index is 0.103. The number of hydrogen-bond donors (Lipinski definition) is 2. The van der Waals surface area contributed by atoms with Gasteiger partial charge in [-0.25, -0.2) is 10.9 Å². The van der Waals surface area contributed by atoms with E-state index in [2.05, 4.69) is 21.1 Å². The molecule has 2 amide bonds. The van der Waals surface area contributed by atoms with Crippen LogP contribution in [0.5, 0.6) is 11.5 Å². The number of carbonyl (C=O) groups excluding carboxylic acids is 2. The molecular formula is C25H32N4O4. The van der Waals surface area contributed by atoms with Crippen LogP contribution < -0.4 is 20.3 Å². The first kappa shape index (κ1) is 25.6. The number of nitrogens with zero attached hydrogens (tertiary/aromatic N) is 2. The minimum atomic E-state index is -0.103. The Bertz CT molecular complexity index is 834. The normalized spacial score (nSPS) is 11.0. The number of methoxy groups -OCH3 is 2. The van der Waals surface area contributed by atoms with E-state index in [1.54, 1.807) is 26.6 Å². The lowest BCUT2D eigenvalue weighted by molar-refractivity contribution is -0.121. The van der Waals surface area contributed by atoms with E-state index < -0.39 is 0 Å². The van der Waals surface area contributed by atoms with Crippen LogP contribution in [0.25, 0.3) is 0 Å². The number of hydrazone groups is 2. The summed E-state index contributed by atoms with van der Waals surface area (Å²) >= 11 is 0. The van der Waals surface area contributed by atoms with Gasteiger partial charge in [0.15, 0.2) is 0 Å². The molecule has 0 aliphatic rings. The van der Waals surface area contributed by atoms with Crippen molar-refractivity contribution in [3.8, 4) is 11.5 Å². The van der Waals surface area contributed by atoms with Gasteiger partial charge in [-0.15, -0.1) is 0 Å². The van der Waals surface area contributed by atoms with Crippen molar-refractivity contribution in [3.05, 3.63) is 59.7 Å². The quantitative estimate of drug-likeness (QED) is 0.257. The standard InChI is InChI=1S/C25H32N4O4/c1-32-22-14-10-20(11-15-22)18-26-28-24(30)8-6-4-3-5-7-9-25(31)29-27-19-21-12-16-23(33-2)17-13-21/h10-19H,3-9H2,1-2H3,(H,28,30)(H,29,31). The summed E-state index contributed by atoms with van der Waals surface area (Å²) in [5.41, 5.74) is 6.84. The Kier molecular flexibility index (Phi) is 11.8. The van der Waals surface area contributed by atoms with Gasteiger partial charge in [0.05, 0.1) is 26.6 Å². The van der Waals surface area contributed by atoms with Gasteiger partial charge in [0.25, 0.3) is 0 Å². The molecule has 8 nitrogen and oxygen atoms in total. The van der Waals surface area contributed by atoms with Crippen LogP contribution in [0.3, 0.4) is 0 Å². The largest absolute Gasteiger partial charge is 0.497 e. The monoisotopic (exact) mass is 452 g/mol. The lowest BCUT2D eigenvalue weighted by Gasteiger charge is -2.02. The van der Waals surface area contributed by atoms with Gasteiger partial charge in [-0.1, -0.05) is 19.3 Å². The maximum absolute atomic E-state index is 11.8. The van der Waals surface area contributed by atoms with Crippen molar-refractivity contribution in [2.75, 3.05) is 14.2 Å². The Balaban J connectivity index is 1.47. The molecule has 0 spiro atoms. The first-order valence-electron chi connectivity index (χ1n) is 11.0. The highest BCUT2D eigenvalue weighted by Crippen LogP contribution is 2.11. The summed E-state index contributed by atoms with van der Waals surface area (Å²) in [5.74, 6) is 1.34. The molecule has 0 fully saturated rings. The zero-order chi connectivity index (χ0) is 23.7. The lowest BCUT2D eigenvalue weighted by atomic mass is 10.1. The predicted molar refractivity (Wildman–Crippen MR) is 130 cm³/mol. The third kappa shape index (κ3) is 11.0. The highest BCUT2D eigenvalue weighted by atomic mass is 16.5. The number of hydrogen-bond acceptors (Lipinski definition) is 6. The van der Waals surface area contributed by atoms with E-state index in [9.17, 15) is 9.59 Å². The molecule has 0 heterocycles. The molecule has 2 rings (SSSR count). The first-order valence-corrected chi connectivity index (χ1v) is 11.0. The molecule has 0 bridgehead atoms. The molecule has 2 aromatic rings. The van der Waals surface area contributed by atoms with Crippen LogP contribution in [-0.2, 0) is 9.59 Å². The van der Waals surface area contributed by atoms with E-state index >= 15 is 0 Å². The maximum Gasteiger partial charge on any atom is 0.240 e. The molecule has 0 aromatic heterocycles. The molecule has 0 radical (unpaired) electrons. The van der Waals surface area contributed by atoms with Crippen molar-refractivity contribution in [3.63, 3.8) is 0 Å². The first-order chi connectivity index (χ1) is 16.1. The smallest absolute Gasteiger partial charge is 0.240 e. The van der Waals surface area contributed by atoms with E-state index in [0.29, 0.717) is 12.8 Å². The number of rotatable bonds is 14. The molecule has 0 unspecified atom stereocenters. The Morgan fingerprint density at radius 2 is 1.03 bits per heavy atom. The van der Waals surface area contributed by atoms with Crippen LogP contribution >= 0.6 is 0 Å². The minimum Gasteiger partial charge on any atom is -0.497 e. The van der Waals surface area contributed by atoms with Crippen LogP contribution in [0, 0.1) is 0 Å². The number of nitrogens with one attached hydrogen (secondary N) is 2. The molecule has 8 heteroatoms. The Morgan fingerprint density at radius 3 is 1.39 bits per heavy atom. The summed E-state index contributed by atoms with van der Waals surface area (Å²) in [6, 6.07) is 14.8.